The maximum absolute atomic E-state index is 11.4. The van der Waals surface area contributed by atoms with Gasteiger partial charge in [0.15, 0.2) is 0 Å². The Labute approximate surface area is 105 Å². The van der Waals surface area contributed by atoms with Gasteiger partial charge < -0.3 is 16.4 Å². The third kappa shape index (κ3) is 2.21. The zero-order valence-electron chi connectivity index (χ0n) is 9.30. The molecule has 0 saturated carbocycles. The van der Waals surface area contributed by atoms with E-state index in [4.69, 9.17) is 23.7 Å². The molecule has 6 heteroatoms. The molecule has 1 aromatic rings. The number of rotatable bonds is 3. The van der Waals surface area contributed by atoms with Crippen molar-refractivity contribution in [1.82, 2.24) is 4.98 Å². The molecule has 1 atom stereocenters. The fourth-order valence-electron chi connectivity index (χ4n) is 2.13. The standard InChI is InChI=1S/C11H14N4OS/c12-9(16)8-4-2-6-15(8)11-7(10(13)17)3-1-5-14-11/h1,3,5,8H,2,4,6H2,(H2,12,16)(H2,13,17). The zero-order valence-corrected chi connectivity index (χ0v) is 10.1. The summed E-state index contributed by atoms with van der Waals surface area (Å²) >= 11 is 4.98. The Bertz CT molecular complexity index is 463. The van der Waals surface area contributed by atoms with Crippen LogP contribution in [0, 0.1) is 0 Å². The van der Waals surface area contributed by atoms with Gasteiger partial charge in [-0.05, 0) is 25.0 Å². The van der Waals surface area contributed by atoms with Gasteiger partial charge in [-0.2, -0.15) is 0 Å². The number of nitrogens with zero attached hydrogens (tertiary/aromatic N) is 2. The fourth-order valence-corrected chi connectivity index (χ4v) is 2.29. The first-order valence-electron chi connectivity index (χ1n) is 5.42. The molecule has 1 aliphatic heterocycles. The van der Waals surface area contributed by atoms with E-state index in [9.17, 15) is 4.79 Å². The van der Waals surface area contributed by atoms with Gasteiger partial charge in [0.05, 0.1) is 5.56 Å². The van der Waals surface area contributed by atoms with Crippen LogP contribution in [0.2, 0.25) is 0 Å². The van der Waals surface area contributed by atoms with Crippen molar-refractivity contribution in [3.05, 3.63) is 23.9 Å². The molecular weight excluding hydrogens is 236 g/mol. The molecule has 2 heterocycles. The first kappa shape index (κ1) is 11.8. The van der Waals surface area contributed by atoms with Crippen molar-refractivity contribution in [3.8, 4) is 0 Å². The van der Waals surface area contributed by atoms with E-state index in [0.717, 1.165) is 19.4 Å². The maximum Gasteiger partial charge on any atom is 0.240 e. The number of amides is 1. The molecule has 1 saturated heterocycles. The Kier molecular flexibility index (Phi) is 3.23. The number of pyridine rings is 1. The number of anilines is 1. The number of aromatic nitrogens is 1. The molecule has 0 bridgehead atoms. The predicted molar refractivity (Wildman–Crippen MR) is 69.7 cm³/mol. The highest BCUT2D eigenvalue weighted by atomic mass is 32.1. The highest BCUT2D eigenvalue weighted by Gasteiger charge is 2.31. The number of hydrogen-bond donors (Lipinski definition) is 2. The summed E-state index contributed by atoms with van der Waals surface area (Å²) in [5.74, 6) is 0.323. The lowest BCUT2D eigenvalue weighted by Gasteiger charge is -2.25. The van der Waals surface area contributed by atoms with Crippen LogP contribution in [0.5, 0.6) is 0 Å². The van der Waals surface area contributed by atoms with Gasteiger partial charge in [-0.15, -0.1) is 0 Å². The average Bonchev–Trinajstić information content (AvgIpc) is 2.77. The summed E-state index contributed by atoms with van der Waals surface area (Å²) in [5.41, 5.74) is 11.7. The second kappa shape index (κ2) is 4.67. The van der Waals surface area contributed by atoms with Crippen LogP contribution >= 0.6 is 12.2 Å². The van der Waals surface area contributed by atoms with Gasteiger partial charge in [0.2, 0.25) is 5.91 Å². The Hall–Kier alpha value is -1.69. The van der Waals surface area contributed by atoms with Crippen molar-refractivity contribution in [2.45, 2.75) is 18.9 Å². The molecule has 1 unspecified atom stereocenters. The minimum Gasteiger partial charge on any atom is -0.389 e. The van der Waals surface area contributed by atoms with E-state index >= 15 is 0 Å². The van der Waals surface area contributed by atoms with Crippen LogP contribution in [0.25, 0.3) is 0 Å². The lowest BCUT2D eigenvalue weighted by atomic mass is 10.2. The zero-order chi connectivity index (χ0) is 12.4. The van der Waals surface area contributed by atoms with Gasteiger partial charge in [0.25, 0.3) is 0 Å². The van der Waals surface area contributed by atoms with E-state index in [0.29, 0.717) is 11.4 Å². The molecule has 2 rings (SSSR count). The number of hydrogen-bond acceptors (Lipinski definition) is 4. The molecular formula is C11H14N4OS. The number of nitrogens with two attached hydrogens (primary N) is 2. The smallest absolute Gasteiger partial charge is 0.240 e. The molecule has 0 aromatic carbocycles. The monoisotopic (exact) mass is 250 g/mol. The SMILES string of the molecule is NC(=O)C1CCCN1c1ncccc1C(N)=S. The van der Waals surface area contributed by atoms with E-state index in [1.54, 1.807) is 18.3 Å². The molecule has 1 aromatic heterocycles. The molecule has 0 aliphatic carbocycles. The number of thiocarbonyl (C=S) groups is 1. The normalized spacial score (nSPS) is 19.3. The van der Waals surface area contributed by atoms with Gasteiger partial charge in [0.1, 0.15) is 16.8 Å². The second-order valence-electron chi connectivity index (χ2n) is 3.99. The summed E-state index contributed by atoms with van der Waals surface area (Å²) in [4.78, 5) is 17.8. The lowest BCUT2D eigenvalue weighted by molar-refractivity contribution is -0.119. The van der Waals surface area contributed by atoms with Crippen LogP contribution in [-0.2, 0) is 4.79 Å². The highest BCUT2D eigenvalue weighted by Crippen LogP contribution is 2.26. The Balaban J connectivity index is 2.39. The second-order valence-corrected chi connectivity index (χ2v) is 4.43. The molecule has 1 amide bonds. The van der Waals surface area contributed by atoms with Gasteiger partial charge >= 0.3 is 0 Å². The topological polar surface area (TPSA) is 85.2 Å². The Morgan fingerprint density at radius 1 is 1.53 bits per heavy atom. The first-order valence-corrected chi connectivity index (χ1v) is 5.83. The third-order valence-corrected chi connectivity index (χ3v) is 3.13. The third-order valence-electron chi connectivity index (χ3n) is 2.91. The van der Waals surface area contributed by atoms with Gasteiger partial charge in [-0.1, -0.05) is 12.2 Å². The van der Waals surface area contributed by atoms with E-state index in [-0.39, 0.29) is 16.9 Å². The lowest BCUT2D eigenvalue weighted by Crippen LogP contribution is -2.41. The molecule has 90 valence electrons. The summed E-state index contributed by atoms with van der Waals surface area (Å²) in [6.07, 6.45) is 3.33. The van der Waals surface area contributed by atoms with Crippen LogP contribution in [0.4, 0.5) is 5.82 Å². The fraction of sp³-hybridized carbons (Fsp3) is 0.364. The van der Waals surface area contributed by atoms with Crippen LogP contribution in [0.1, 0.15) is 18.4 Å². The van der Waals surface area contributed by atoms with Gasteiger partial charge in [0, 0.05) is 12.7 Å². The average molecular weight is 250 g/mol. The predicted octanol–water partition coefficient (Wildman–Crippen LogP) is 0.170. The summed E-state index contributed by atoms with van der Waals surface area (Å²) in [5, 5.41) is 0. The van der Waals surface area contributed by atoms with Crippen LogP contribution in [-0.4, -0.2) is 28.5 Å². The molecule has 1 aliphatic rings. The molecule has 17 heavy (non-hydrogen) atoms. The van der Waals surface area contributed by atoms with Gasteiger partial charge in [-0.25, -0.2) is 4.98 Å². The molecule has 5 nitrogen and oxygen atoms in total. The van der Waals surface area contributed by atoms with Crippen LogP contribution < -0.4 is 16.4 Å². The number of primary amides is 1. The highest BCUT2D eigenvalue weighted by molar-refractivity contribution is 7.80. The Morgan fingerprint density at radius 2 is 2.29 bits per heavy atom. The van der Waals surface area contributed by atoms with E-state index in [2.05, 4.69) is 4.98 Å². The molecule has 0 radical (unpaired) electrons. The van der Waals surface area contributed by atoms with Crippen molar-refractivity contribution in [1.29, 1.82) is 0 Å². The summed E-state index contributed by atoms with van der Waals surface area (Å²) in [7, 11) is 0. The van der Waals surface area contributed by atoms with Crippen molar-refractivity contribution < 1.29 is 4.79 Å². The van der Waals surface area contributed by atoms with Crippen molar-refractivity contribution in [2.75, 3.05) is 11.4 Å². The maximum atomic E-state index is 11.4. The minimum absolute atomic E-state index is 0.281. The van der Waals surface area contributed by atoms with E-state index in [1.165, 1.54) is 0 Å². The van der Waals surface area contributed by atoms with E-state index < -0.39 is 0 Å². The van der Waals surface area contributed by atoms with Crippen LogP contribution in [0.3, 0.4) is 0 Å². The molecule has 1 fully saturated rings. The number of carbonyl (C=O) groups is 1. The summed E-state index contributed by atoms with van der Waals surface area (Å²) < 4.78 is 0. The van der Waals surface area contributed by atoms with Crippen molar-refractivity contribution >= 4 is 28.9 Å². The number of carbonyl (C=O) groups excluding carboxylic acids is 1. The Morgan fingerprint density at radius 3 is 2.94 bits per heavy atom. The van der Waals surface area contributed by atoms with Crippen LogP contribution in [0.15, 0.2) is 18.3 Å². The van der Waals surface area contributed by atoms with Crippen molar-refractivity contribution in [3.63, 3.8) is 0 Å². The summed E-state index contributed by atoms with van der Waals surface area (Å²) in [6, 6.07) is 3.27. The molecule has 0 spiro atoms. The minimum atomic E-state index is -0.331. The quantitative estimate of drug-likeness (QED) is 0.747. The van der Waals surface area contributed by atoms with Crippen molar-refractivity contribution in [2.24, 2.45) is 11.5 Å². The van der Waals surface area contributed by atoms with Gasteiger partial charge in [-0.3, -0.25) is 4.79 Å². The van der Waals surface area contributed by atoms with E-state index in [1.807, 2.05) is 4.90 Å². The largest absolute Gasteiger partial charge is 0.389 e. The molecule has 4 N–H and O–H groups in total. The first-order chi connectivity index (χ1) is 8.11. The summed E-state index contributed by atoms with van der Waals surface area (Å²) in [6.45, 7) is 0.750.